The second-order valence-electron chi connectivity index (χ2n) is 2.79. The van der Waals surface area contributed by atoms with Crippen LogP contribution in [0.1, 0.15) is 5.56 Å². The van der Waals surface area contributed by atoms with Crippen LogP contribution in [0, 0.1) is 0 Å². The molecule has 1 heterocycles. The largest absolute Gasteiger partial charge is 0.316 e. The Morgan fingerprint density at radius 2 is 1.92 bits per heavy atom. The molecule has 2 rings (SSSR count). The van der Waals surface area contributed by atoms with Crippen LogP contribution < -0.4 is 5.48 Å². The van der Waals surface area contributed by atoms with Gasteiger partial charge in [-0.1, -0.05) is 12.1 Å². The van der Waals surface area contributed by atoms with Crippen molar-refractivity contribution in [1.82, 2.24) is 15.7 Å². The first-order valence-corrected chi connectivity index (χ1v) is 3.96. The molecule has 0 aliphatic heterocycles. The lowest BCUT2D eigenvalue weighted by atomic mass is 10.1. The lowest BCUT2D eigenvalue weighted by Gasteiger charge is -2.00. The van der Waals surface area contributed by atoms with E-state index in [1.165, 1.54) is 0 Å². The molecule has 0 unspecified atom stereocenters. The monoisotopic (exact) mass is 175 g/mol. The lowest BCUT2D eigenvalue weighted by molar-refractivity contribution is 0.161. The Kier molecular flexibility index (Phi) is 2.16. The van der Waals surface area contributed by atoms with Crippen molar-refractivity contribution in [2.45, 2.75) is 6.54 Å². The molecule has 4 nitrogen and oxygen atoms in total. The van der Waals surface area contributed by atoms with Crippen LogP contribution in [0.25, 0.3) is 10.8 Å². The molecule has 0 aliphatic carbocycles. The smallest absolute Gasteiger partial charge is 0.0574 e. The summed E-state index contributed by atoms with van der Waals surface area (Å²) in [5.74, 6) is 0. The predicted octanol–water partition coefficient (Wildman–Crippen LogP) is 1.11. The van der Waals surface area contributed by atoms with E-state index in [9.17, 15) is 0 Å². The fourth-order valence-electron chi connectivity index (χ4n) is 1.25. The third-order valence-corrected chi connectivity index (χ3v) is 1.89. The summed E-state index contributed by atoms with van der Waals surface area (Å²) in [5.41, 5.74) is 3.13. The number of nitrogens with zero attached hydrogens (tertiary/aromatic N) is 2. The molecule has 1 aromatic heterocycles. The Morgan fingerprint density at radius 1 is 1.15 bits per heavy atom. The number of rotatable bonds is 2. The average Bonchev–Trinajstić information content (AvgIpc) is 2.18. The quantitative estimate of drug-likeness (QED) is 0.671. The van der Waals surface area contributed by atoms with Crippen molar-refractivity contribution >= 4 is 10.8 Å². The Balaban J connectivity index is 2.49. The van der Waals surface area contributed by atoms with E-state index in [1.807, 2.05) is 18.2 Å². The Labute approximate surface area is 75.2 Å². The van der Waals surface area contributed by atoms with Crippen molar-refractivity contribution in [3.05, 3.63) is 36.2 Å². The summed E-state index contributed by atoms with van der Waals surface area (Å²) in [6.07, 6.45) is 3.42. The second-order valence-corrected chi connectivity index (χ2v) is 2.79. The lowest BCUT2D eigenvalue weighted by Crippen LogP contribution is -2.05. The zero-order valence-electron chi connectivity index (χ0n) is 6.94. The molecule has 0 bridgehead atoms. The maximum absolute atomic E-state index is 8.51. The molecule has 0 aliphatic rings. The topological polar surface area (TPSA) is 58.0 Å². The first-order chi connectivity index (χ1) is 6.40. The molecule has 4 heteroatoms. The molecular weight excluding hydrogens is 166 g/mol. The van der Waals surface area contributed by atoms with Gasteiger partial charge in [-0.05, 0) is 11.6 Å². The van der Waals surface area contributed by atoms with Gasteiger partial charge in [-0.25, -0.2) is 5.48 Å². The van der Waals surface area contributed by atoms with Crippen LogP contribution in [0.5, 0.6) is 0 Å². The minimum atomic E-state index is 0.443. The van der Waals surface area contributed by atoms with Gasteiger partial charge < -0.3 is 5.21 Å². The molecule has 0 saturated carbocycles. The van der Waals surface area contributed by atoms with Gasteiger partial charge in [0.15, 0.2) is 0 Å². The number of hydroxylamine groups is 1. The molecule has 1 aromatic carbocycles. The zero-order chi connectivity index (χ0) is 9.10. The van der Waals surface area contributed by atoms with Gasteiger partial charge in [-0.2, -0.15) is 10.2 Å². The normalized spacial score (nSPS) is 10.5. The van der Waals surface area contributed by atoms with Crippen LogP contribution in [0.2, 0.25) is 0 Å². The Bertz CT molecular complexity index is 416. The van der Waals surface area contributed by atoms with Gasteiger partial charge in [0, 0.05) is 17.3 Å². The summed E-state index contributed by atoms with van der Waals surface area (Å²) in [7, 11) is 0. The average molecular weight is 175 g/mol. The van der Waals surface area contributed by atoms with Crippen LogP contribution in [-0.2, 0) is 6.54 Å². The number of hydrogen-bond donors (Lipinski definition) is 2. The number of hydrogen-bond acceptors (Lipinski definition) is 4. The van der Waals surface area contributed by atoms with E-state index < -0.39 is 0 Å². The number of benzene rings is 1. The number of nitrogens with one attached hydrogen (secondary N) is 1. The van der Waals surface area contributed by atoms with Crippen molar-refractivity contribution in [3.63, 3.8) is 0 Å². The van der Waals surface area contributed by atoms with Gasteiger partial charge in [-0.3, -0.25) is 0 Å². The summed E-state index contributed by atoms with van der Waals surface area (Å²) in [5, 5.41) is 18.2. The van der Waals surface area contributed by atoms with Crippen molar-refractivity contribution < 1.29 is 5.21 Å². The molecule has 0 amide bonds. The Morgan fingerprint density at radius 3 is 2.69 bits per heavy atom. The van der Waals surface area contributed by atoms with Gasteiger partial charge in [0.2, 0.25) is 0 Å². The number of aromatic nitrogens is 2. The van der Waals surface area contributed by atoms with Crippen molar-refractivity contribution in [2.75, 3.05) is 0 Å². The summed E-state index contributed by atoms with van der Waals surface area (Å²) in [6, 6.07) is 5.86. The molecule has 66 valence electrons. The maximum atomic E-state index is 8.51. The molecule has 13 heavy (non-hydrogen) atoms. The highest BCUT2D eigenvalue weighted by atomic mass is 16.5. The van der Waals surface area contributed by atoms with Crippen LogP contribution >= 0.6 is 0 Å². The fourth-order valence-corrected chi connectivity index (χ4v) is 1.25. The summed E-state index contributed by atoms with van der Waals surface area (Å²) in [6.45, 7) is 0.443. The fraction of sp³-hybridized carbons (Fsp3) is 0.111. The third-order valence-electron chi connectivity index (χ3n) is 1.89. The molecule has 2 aromatic rings. The maximum Gasteiger partial charge on any atom is 0.0574 e. The van der Waals surface area contributed by atoms with Crippen LogP contribution in [0.4, 0.5) is 0 Å². The van der Waals surface area contributed by atoms with E-state index in [1.54, 1.807) is 12.4 Å². The van der Waals surface area contributed by atoms with Gasteiger partial charge in [0.05, 0.1) is 12.4 Å². The molecular formula is C9H9N3O. The first-order valence-electron chi connectivity index (χ1n) is 3.96. The van der Waals surface area contributed by atoms with E-state index in [-0.39, 0.29) is 0 Å². The van der Waals surface area contributed by atoms with Gasteiger partial charge >= 0.3 is 0 Å². The van der Waals surface area contributed by atoms with Crippen molar-refractivity contribution in [2.24, 2.45) is 0 Å². The van der Waals surface area contributed by atoms with E-state index in [2.05, 4.69) is 15.7 Å². The predicted molar refractivity (Wildman–Crippen MR) is 48.2 cm³/mol. The summed E-state index contributed by atoms with van der Waals surface area (Å²) < 4.78 is 0. The molecule has 0 atom stereocenters. The van der Waals surface area contributed by atoms with Crippen molar-refractivity contribution in [3.8, 4) is 0 Å². The molecule has 0 radical (unpaired) electrons. The molecule has 2 N–H and O–H groups in total. The van der Waals surface area contributed by atoms with Gasteiger partial charge in [0.1, 0.15) is 0 Å². The van der Waals surface area contributed by atoms with E-state index in [4.69, 9.17) is 5.21 Å². The highest BCUT2D eigenvalue weighted by molar-refractivity contribution is 5.81. The van der Waals surface area contributed by atoms with E-state index in [0.717, 1.165) is 16.3 Å². The SMILES string of the molecule is ONCc1ccc2cnncc2c1. The van der Waals surface area contributed by atoms with Crippen molar-refractivity contribution in [1.29, 1.82) is 0 Å². The highest BCUT2D eigenvalue weighted by Crippen LogP contribution is 2.12. The van der Waals surface area contributed by atoms with Crippen LogP contribution in [0.15, 0.2) is 30.6 Å². The minimum Gasteiger partial charge on any atom is -0.316 e. The van der Waals surface area contributed by atoms with Gasteiger partial charge in [0.25, 0.3) is 0 Å². The van der Waals surface area contributed by atoms with Crippen LogP contribution in [0.3, 0.4) is 0 Å². The molecule has 0 saturated heterocycles. The summed E-state index contributed by atoms with van der Waals surface area (Å²) in [4.78, 5) is 0. The Hall–Kier alpha value is -1.52. The first kappa shape index (κ1) is 8.10. The number of fused-ring (bicyclic) bond motifs is 1. The van der Waals surface area contributed by atoms with Gasteiger partial charge in [-0.15, -0.1) is 0 Å². The van der Waals surface area contributed by atoms with E-state index >= 15 is 0 Å². The highest BCUT2D eigenvalue weighted by Gasteiger charge is 1.95. The zero-order valence-corrected chi connectivity index (χ0v) is 6.94. The standard InChI is InChI=1S/C9H9N3O/c13-12-4-7-1-2-8-5-10-11-6-9(8)3-7/h1-3,5-6,12-13H,4H2. The summed E-state index contributed by atoms with van der Waals surface area (Å²) >= 11 is 0. The third kappa shape index (κ3) is 1.63. The van der Waals surface area contributed by atoms with E-state index in [0.29, 0.717) is 6.54 Å². The molecule has 0 spiro atoms. The molecule has 0 fully saturated rings. The minimum absolute atomic E-state index is 0.443. The second kappa shape index (κ2) is 3.47. The van der Waals surface area contributed by atoms with Crippen LogP contribution in [-0.4, -0.2) is 15.4 Å².